The van der Waals surface area contributed by atoms with Crippen molar-refractivity contribution >= 4 is 16.8 Å². The normalized spacial score (nSPS) is 17.1. The van der Waals surface area contributed by atoms with Crippen LogP contribution in [0.15, 0.2) is 106 Å². The average Bonchev–Trinajstić information content (AvgIpc) is 2.89. The van der Waals surface area contributed by atoms with Gasteiger partial charge in [0.1, 0.15) is 34.2 Å². The summed E-state index contributed by atoms with van der Waals surface area (Å²) in [6.45, 7) is 0. The largest absolute Gasteiger partial charge is 0.508 e. The molecule has 2 N–H and O–H groups in total. The number of nitrogens with zero attached hydrogens (tertiary/aromatic N) is 2. The molecule has 7 nitrogen and oxygen atoms in total. The van der Waals surface area contributed by atoms with Gasteiger partial charge in [-0.2, -0.15) is 0 Å². The van der Waals surface area contributed by atoms with Crippen LogP contribution in [-0.2, 0) is 0 Å². The molecule has 0 aliphatic carbocycles. The van der Waals surface area contributed by atoms with Crippen molar-refractivity contribution in [2.45, 2.75) is 12.3 Å². The van der Waals surface area contributed by atoms with E-state index in [2.05, 4.69) is 4.98 Å². The molecule has 7 heteroatoms. The SMILES string of the molecule is O=c1oc2ccccc2c2c1C(c1ccc(O)cc1)N(c1ccccn1)C(c1ccc(O)cc1)O2. The van der Waals surface area contributed by atoms with Gasteiger partial charge in [-0.1, -0.05) is 30.3 Å². The number of phenolic OH excluding ortho intramolecular Hbond substituents is 2. The highest BCUT2D eigenvalue weighted by Crippen LogP contribution is 2.48. The molecule has 172 valence electrons. The lowest BCUT2D eigenvalue weighted by atomic mass is 9.93. The molecule has 5 aromatic rings. The molecule has 0 saturated carbocycles. The Kier molecular flexibility index (Phi) is 4.88. The van der Waals surface area contributed by atoms with Crippen LogP contribution in [0.2, 0.25) is 0 Å². The monoisotopic (exact) mass is 464 g/mol. The van der Waals surface area contributed by atoms with Crippen LogP contribution < -0.4 is 15.3 Å². The first-order valence-corrected chi connectivity index (χ1v) is 11.1. The molecule has 0 radical (unpaired) electrons. The zero-order valence-electron chi connectivity index (χ0n) is 18.4. The summed E-state index contributed by atoms with van der Waals surface area (Å²) in [7, 11) is 0. The van der Waals surface area contributed by atoms with Gasteiger partial charge in [0.2, 0.25) is 6.23 Å². The maximum atomic E-state index is 13.4. The fraction of sp³-hybridized carbons (Fsp3) is 0.0714. The van der Waals surface area contributed by atoms with E-state index < -0.39 is 17.9 Å². The van der Waals surface area contributed by atoms with Crippen LogP contribution in [0.1, 0.15) is 29.0 Å². The highest BCUT2D eigenvalue weighted by molar-refractivity contribution is 5.85. The Bertz CT molecular complexity index is 1560. The summed E-state index contributed by atoms with van der Waals surface area (Å²) in [5.74, 6) is 1.27. The summed E-state index contributed by atoms with van der Waals surface area (Å²) in [4.78, 5) is 19.9. The second-order valence-corrected chi connectivity index (χ2v) is 8.28. The van der Waals surface area contributed by atoms with Crippen molar-refractivity contribution in [2.24, 2.45) is 0 Å². The van der Waals surface area contributed by atoms with Crippen molar-refractivity contribution in [3.05, 3.63) is 124 Å². The van der Waals surface area contributed by atoms with Crippen molar-refractivity contribution in [1.29, 1.82) is 0 Å². The lowest BCUT2D eigenvalue weighted by Crippen LogP contribution is -2.43. The number of fused-ring (bicyclic) bond motifs is 3. The van der Waals surface area contributed by atoms with E-state index in [0.717, 1.165) is 11.1 Å². The summed E-state index contributed by atoms with van der Waals surface area (Å²) in [5.41, 5.74) is 1.78. The van der Waals surface area contributed by atoms with Crippen molar-refractivity contribution in [1.82, 2.24) is 4.98 Å². The Morgan fingerprint density at radius 2 is 1.43 bits per heavy atom. The lowest BCUT2D eigenvalue weighted by Gasteiger charge is -2.43. The highest BCUT2D eigenvalue weighted by atomic mass is 16.5. The first-order chi connectivity index (χ1) is 17.1. The van der Waals surface area contributed by atoms with Crippen LogP contribution in [0.25, 0.3) is 11.0 Å². The molecule has 2 atom stereocenters. The summed E-state index contributed by atoms with van der Waals surface area (Å²) in [5, 5.41) is 20.5. The van der Waals surface area contributed by atoms with E-state index in [4.69, 9.17) is 9.15 Å². The third-order valence-corrected chi connectivity index (χ3v) is 6.13. The van der Waals surface area contributed by atoms with Crippen molar-refractivity contribution < 1.29 is 19.4 Å². The number of hydrogen-bond donors (Lipinski definition) is 2. The average molecular weight is 464 g/mol. The molecule has 0 fully saturated rings. The fourth-order valence-electron chi connectivity index (χ4n) is 4.55. The molecular weight excluding hydrogens is 444 g/mol. The first-order valence-electron chi connectivity index (χ1n) is 11.1. The zero-order valence-corrected chi connectivity index (χ0v) is 18.4. The second kappa shape index (κ2) is 8.22. The van der Waals surface area contributed by atoms with Gasteiger partial charge in [-0.15, -0.1) is 0 Å². The maximum Gasteiger partial charge on any atom is 0.345 e. The fourth-order valence-corrected chi connectivity index (χ4v) is 4.55. The van der Waals surface area contributed by atoms with E-state index in [1.807, 2.05) is 35.2 Å². The molecular formula is C28H20N2O5. The van der Waals surface area contributed by atoms with Crippen LogP contribution in [0.4, 0.5) is 5.82 Å². The van der Waals surface area contributed by atoms with E-state index in [1.165, 1.54) is 0 Å². The Balaban J connectivity index is 1.68. The van der Waals surface area contributed by atoms with Crippen LogP contribution in [0.3, 0.4) is 0 Å². The minimum Gasteiger partial charge on any atom is -0.508 e. The molecule has 3 heterocycles. The molecule has 0 spiro atoms. The Morgan fingerprint density at radius 3 is 2.11 bits per heavy atom. The number of rotatable bonds is 3. The number of aromatic hydroxyl groups is 2. The number of aromatic nitrogens is 1. The molecule has 0 saturated heterocycles. The molecule has 1 aliphatic rings. The minimum absolute atomic E-state index is 0.117. The van der Waals surface area contributed by atoms with Crippen LogP contribution in [0, 0.1) is 0 Å². The standard InChI is InChI=1S/C28H20N2O5/c31-19-12-8-17(9-13-19)25-24-26(21-5-1-2-6-22(21)34-28(24)33)35-27(18-10-14-20(32)15-11-18)30(25)23-7-3-4-16-29-23/h1-16,25,27,31-32H. The van der Waals surface area contributed by atoms with Gasteiger partial charge in [-0.3, -0.25) is 0 Å². The number of phenols is 2. The maximum absolute atomic E-state index is 13.4. The number of pyridine rings is 1. The second-order valence-electron chi connectivity index (χ2n) is 8.28. The lowest BCUT2D eigenvalue weighted by molar-refractivity contribution is 0.168. The van der Waals surface area contributed by atoms with E-state index in [1.54, 1.807) is 66.9 Å². The molecule has 3 aromatic carbocycles. The quantitative estimate of drug-likeness (QED) is 0.351. The molecule has 2 aromatic heterocycles. The minimum atomic E-state index is -0.679. The van der Waals surface area contributed by atoms with Crippen LogP contribution in [0.5, 0.6) is 17.2 Å². The van der Waals surface area contributed by atoms with Gasteiger partial charge in [0.15, 0.2) is 0 Å². The summed E-state index contributed by atoms with van der Waals surface area (Å²) < 4.78 is 12.3. The van der Waals surface area contributed by atoms with Gasteiger partial charge in [-0.25, -0.2) is 9.78 Å². The Morgan fingerprint density at radius 1 is 0.771 bits per heavy atom. The van der Waals surface area contributed by atoms with Gasteiger partial charge >= 0.3 is 5.63 Å². The van der Waals surface area contributed by atoms with Gasteiger partial charge in [0.05, 0.1) is 11.4 Å². The number of para-hydroxylation sites is 1. The van der Waals surface area contributed by atoms with Gasteiger partial charge in [-0.05, 0) is 66.2 Å². The molecule has 6 rings (SSSR count). The van der Waals surface area contributed by atoms with E-state index in [-0.39, 0.29) is 11.5 Å². The van der Waals surface area contributed by atoms with Gasteiger partial charge in [0.25, 0.3) is 0 Å². The molecule has 35 heavy (non-hydrogen) atoms. The van der Waals surface area contributed by atoms with Crippen LogP contribution in [-0.4, -0.2) is 15.2 Å². The van der Waals surface area contributed by atoms with Crippen molar-refractivity contribution in [3.8, 4) is 17.2 Å². The molecule has 1 aliphatic heterocycles. The van der Waals surface area contributed by atoms with E-state index in [0.29, 0.717) is 28.1 Å². The smallest absolute Gasteiger partial charge is 0.345 e. The molecule has 2 unspecified atom stereocenters. The number of hydrogen-bond acceptors (Lipinski definition) is 7. The summed E-state index contributed by atoms with van der Waals surface area (Å²) >= 11 is 0. The Labute approximate surface area is 200 Å². The predicted molar refractivity (Wildman–Crippen MR) is 131 cm³/mol. The topological polar surface area (TPSA) is 96.0 Å². The van der Waals surface area contributed by atoms with Crippen molar-refractivity contribution in [2.75, 3.05) is 4.90 Å². The highest BCUT2D eigenvalue weighted by Gasteiger charge is 2.42. The molecule has 0 amide bonds. The first kappa shape index (κ1) is 20.8. The number of anilines is 1. The number of benzene rings is 3. The predicted octanol–water partition coefficient (Wildman–Crippen LogP) is 5.29. The zero-order chi connectivity index (χ0) is 23.9. The van der Waals surface area contributed by atoms with E-state index in [9.17, 15) is 15.0 Å². The van der Waals surface area contributed by atoms with E-state index >= 15 is 0 Å². The third kappa shape index (κ3) is 3.54. The van der Waals surface area contributed by atoms with Crippen LogP contribution >= 0.6 is 0 Å². The Hall–Kier alpha value is -4.78. The molecule has 0 bridgehead atoms. The number of ether oxygens (including phenoxy) is 1. The van der Waals surface area contributed by atoms with Gasteiger partial charge < -0.3 is 24.3 Å². The summed E-state index contributed by atoms with van der Waals surface area (Å²) in [6.07, 6.45) is 0.997. The summed E-state index contributed by atoms with van der Waals surface area (Å²) in [6, 6.07) is 25.6. The van der Waals surface area contributed by atoms with Crippen molar-refractivity contribution in [3.63, 3.8) is 0 Å². The third-order valence-electron chi connectivity index (χ3n) is 6.13. The van der Waals surface area contributed by atoms with Gasteiger partial charge in [0, 0.05) is 11.8 Å².